The number of ether oxygens (including phenoxy) is 2. The first-order chi connectivity index (χ1) is 11.1. The molecule has 1 aromatic rings. The van der Waals surface area contributed by atoms with Gasteiger partial charge in [-0.15, -0.1) is 0 Å². The van der Waals surface area contributed by atoms with E-state index in [1.807, 2.05) is 18.2 Å². The number of methoxy groups -OCH3 is 2. The molecule has 2 N–H and O–H groups in total. The maximum atomic E-state index is 11.9. The predicted octanol–water partition coefficient (Wildman–Crippen LogP) is 1.12. The van der Waals surface area contributed by atoms with Crippen molar-refractivity contribution in [3.05, 3.63) is 23.8 Å². The number of rotatable bonds is 7. The van der Waals surface area contributed by atoms with Crippen LogP contribution in [-0.4, -0.2) is 50.7 Å². The zero-order valence-electron chi connectivity index (χ0n) is 13.7. The van der Waals surface area contributed by atoms with Gasteiger partial charge < -0.3 is 14.8 Å². The fourth-order valence-corrected chi connectivity index (χ4v) is 2.37. The summed E-state index contributed by atoms with van der Waals surface area (Å²) < 4.78 is 10.6. The van der Waals surface area contributed by atoms with Gasteiger partial charge in [-0.1, -0.05) is 6.07 Å². The molecule has 23 heavy (non-hydrogen) atoms. The number of amides is 3. The summed E-state index contributed by atoms with van der Waals surface area (Å²) in [6, 6.07) is 5.51. The van der Waals surface area contributed by atoms with Crippen LogP contribution in [0, 0.1) is 0 Å². The van der Waals surface area contributed by atoms with E-state index in [4.69, 9.17) is 9.47 Å². The third-order valence-electron chi connectivity index (χ3n) is 3.76. The van der Waals surface area contributed by atoms with Crippen LogP contribution in [0.5, 0.6) is 11.5 Å². The molecular formula is C16H23N3O4. The van der Waals surface area contributed by atoms with Gasteiger partial charge in [-0.2, -0.15) is 0 Å². The molecule has 1 aliphatic rings. The van der Waals surface area contributed by atoms with Crippen LogP contribution in [0.2, 0.25) is 0 Å². The van der Waals surface area contributed by atoms with Gasteiger partial charge in [0.1, 0.15) is 11.5 Å². The average Bonchev–Trinajstić information content (AvgIpc) is 3.39. The smallest absolute Gasteiger partial charge is 0.321 e. The Kier molecular flexibility index (Phi) is 5.81. The second-order valence-electron chi connectivity index (χ2n) is 5.44. The molecule has 0 unspecified atom stereocenters. The van der Waals surface area contributed by atoms with Gasteiger partial charge in [0.15, 0.2) is 0 Å². The summed E-state index contributed by atoms with van der Waals surface area (Å²) in [4.78, 5) is 25.2. The van der Waals surface area contributed by atoms with Crippen LogP contribution in [0.1, 0.15) is 18.4 Å². The Labute approximate surface area is 135 Å². The largest absolute Gasteiger partial charge is 0.497 e. The molecule has 0 heterocycles. The Hall–Kier alpha value is -2.28. The molecule has 1 fully saturated rings. The maximum absolute atomic E-state index is 11.9. The number of hydrogen-bond donors (Lipinski definition) is 2. The van der Waals surface area contributed by atoms with Gasteiger partial charge in [0.25, 0.3) is 0 Å². The Bertz CT molecular complexity index is 572. The fourth-order valence-electron chi connectivity index (χ4n) is 2.37. The molecule has 0 spiro atoms. The first kappa shape index (κ1) is 17.1. The summed E-state index contributed by atoms with van der Waals surface area (Å²) in [6.45, 7) is 0.756. The molecule has 0 aliphatic heterocycles. The van der Waals surface area contributed by atoms with Crippen molar-refractivity contribution in [2.45, 2.75) is 25.4 Å². The van der Waals surface area contributed by atoms with Crippen LogP contribution < -0.4 is 20.1 Å². The quantitative estimate of drug-likeness (QED) is 0.787. The van der Waals surface area contributed by atoms with Crippen molar-refractivity contribution in [3.8, 4) is 11.5 Å². The van der Waals surface area contributed by atoms with E-state index < -0.39 is 6.03 Å². The highest BCUT2D eigenvalue weighted by Gasteiger charge is 2.31. The highest BCUT2D eigenvalue weighted by atomic mass is 16.5. The van der Waals surface area contributed by atoms with E-state index in [0.29, 0.717) is 12.6 Å². The van der Waals surface area contributed by atoms with Gasteiger partial charge in [0, 0.05) is 31.3 Å². The summed E-state index contributed by atoms with van der Waals surface area (Å²) in [6.07, 6.45) is 2.12. The number of nitrogens with zero attached hydrogens (tertiary/aromatic N) is 1. The third-order valence-corrected chi connectivity index (χ3v) is 3.76. The summed E-state index contributed by atoms with van der Waals surface area (Å²) >= 11 is 0. The van der Waals surface area contributed by atoms with Crippen molar-refractivity contribution in [3.63, 3.8) is 0 Å². The molecule has 1 saturated carbocycles. The number of carbonyl (C=O) groups is 2. The molecule has 0 radical (unpaired) electrons. The molecule has 1 aliphatic carbocycles. The Morgan fingerprint density at radius 2 is 2.00 bits per heavy atom. The molecule has 2 rings (SSSR count). The van der Waals surface area contributed by atoms with Crippen molar-refractivity contribution in [2.75, 3.05) is 27.8 Å². The summed E-state index contributed by atoms with van der Waals surface area (Å²) in [7, 11) is 4.69. The van der Waals surface area contributed by atoms with Crippen molar-refractivity contribution in [2.24, 2.45) is 0 Å². The van der Waals surface area contributed by atoms with Crippen LogP contribution in [0.3, 0.4) is 0 Å². The van der Waals surface area contributed by atoms with E-state index in [0.717, 1.165) is 29.9 Å². The second-order valence-corrected chi connectivity index (χ2v) is 5.44. The number of imide groups is 1. The zero-order chi connectivity index (χ0) is 16.8. The summed E-state index contributed by atoms with van der Waals surface area (Å²) in [5.41, 5.74) is 0.980. The van der Waals surface area contributed by atoms with E-state index in [2.05, 4.69) is 15.5 Å². The first-order valence-electron chi connectivity index (χ1n) is 7.54. The van der Waals surface area contributed by atoms with E-state index in [1.54, 1.807) is 14.2 Å². The highest BCUT2D eigenvalue weighted by molar-refractivity contribution is 5.95. The van der Waals surface area contributed by atoms with E-state index in [9.17, 15) is 9.59 Å². The third kappa shape index (κ3) is 4.85. The molecule has 3 amide bonds. The van der Waals surface area contributed by atoms with Gasteiger partial charge in [0.2, 0.25) is 5.91 Å². The number of urea groups is 1. The molecular weight excluding hydrogens is 298 g/mol. The van der Waals surface area contributed by atoms with Crippen molar-refractivity contribution < 1.29 is 19.1 Å². The zero-order valence-corrected chi connectivity index (χ0v) is 13.7. The van der Waals surface area contributed by atoms with Crippen LogP contribution >= 0.6 is 0 Å². The Morgan fingerprint density at radius 1 is 1.26 bits per heavy atom. The van der Waals surface area contributed by atoms with Crippen LogP contribution in [0.15, 0.2) is 18.2 Å². The summed E-state index contributed by atoms with van der Waals surface area (Å²) in [5, 5.41) is 4.66. The van der Waals surface area contributed by atoms with Gasteiger partial charge >= 0.3 is 6.03 Å². The summed E-state index contributed by atoms with van der Waals surface area (Å²) in [5.74, 6) is 1.13. The molecule has 7 nitrogen and oxygen atoms in total. The van der Waals surface area contributed by atoms with Gasteiger partial charge in [0.05, 0.1) is 20.8 Å². The number of carbonyl (C=O) groups excluding carboxylic acids is 2. The van der Waals surface area contributed by atoms with E-state index in [1.165, 1.54) is 7.05 Å². The highest BCUT2D eigenvalue weighted by Crippen LogP contribution is 2.31. The van der Waals surface area contributed by atoms with E-state index in [-0.39, 0.29) is 12.5 Å². The molecule has 7 heteroatoms. The minimum atomic E-state index is -0.493. The van der Waals surface area contributed by atoms with Crippen LogP contribution in [0.4, 0.5) is 4.79 Å². The van der Waals surface area contributed by atoms with Crippen molar-refractivity contribution in [1.82, 2.24) is 15.5 Å². The topological polar surface area (TPSA) is 79.9 Å². The molecule has 126 valence electrons. The Balaban J connectivity index is 2.05. The first-order valence-corrected chi connectivity index (χ1v) is 7.54. The standard InChI is InChI=1S/C16H23N3O4/c1-17-16(21)18-15(20)10-19(12-5-6-12)9-11-4-7-13(22-2)8-14(11)23-3/h4,7-8,12H,5-6,9-10H2,1-3H3,(H2,17,18,20,21). The van der Waals surface area contributed by atoms with Gasteiger partial charge in [-0.25, -0.2) is 4.79 Å². The lowest BCUT2D eigenvalue weighted by atomic mass is 10.1. The molecule has 0 saturated heterocycles. The minimum absolute atomic E-state index is 0.174. The second kappa shape index (κ2) is 7.82. The molecule has 0 atom stereocenters. The SMILES string of the molecule is CNC(=O)NC(=O)CN(Cc1ccc(OC)cc1OC)C1CC1. The van der Waals surface area contributed by atoms with E-state index >= 15 is 0 Å². The lowest BCUT2D eigenvalue weighted by Crippen LogP contribution is -2.43. The molecule has 1 aromatic carbocycles. The Morgan fingerprint density at radius 3 is 2.57 bits per heavy atom. The number of benzene rings is 1. The maximum Gasteiger partial charge on any atom is 0.321 e. The lowest BCUT2D eigenvalue weighted by molar-refractivity contribution is -0.121. The number of nitrogens with one attached hydrogen (secondary N) is 2. The van der Waals surface area contributed by atoms with Crippen molar-refractivity contribution >= 4 is 11.9 Å². The van der Waals surface area contributed by atoms with Gasteiger partial charge in [-0.05, 0) is 18.9 Å². The normalized spacial score (nSPS) is 13.6. The van der Waals surface area contributed by atoms with Gasteiger partial charge in [-0.3, -0.25) is 15.0 Å². The predicted molar refractivity (Wildman–Crippen MR) is 85.6 cm³/mol. The fraction of sp³-hybridized carbons (Fsp3) is 0.500. The van der Waals surface area contributed by atoms with Crippen LogP contribution in [0.25, 0.3) is 0 Å². The monoisotopic (exact) mass is 321 g/mol. The minimum Gasteiger partial charge on any atom is -0.497 e. The molecule has 0 aromatic heterocycles. The van der Waals surface area contributed by atoms with Crippen molar-refractivity contribution in [1.29, 1.82) is 0 Å². The lowest BCUT2D eigenvalue weighted by Gasteiger charge is -2.22. The average molecular weight is 321 g/mol. The number of hydrogen-bond acceptors (Lipinski definition) is 5. The molecule has 0 bridgehead atoms. The van der Waals surface area contributed by atoms with Crippen LogP contribution in [-0.2, 0) is 11.3 Å².